The molecule has 0 amide bonds. The van der Waals surface area contributed by atoms with Gasteiger partial charge in [-0.2, -0.15) is 0 Å². The third-order valence-electron chi connectivity index (χ3n) is 6.48. The van der Waals surface area contributed by atoms with Crippen molar-refractivity contribution in [3.63, 3.8) is 0 Å². The zero-order chi connectivity index (χ0) is 29.0. The molecule has 3 aromatic rings. The smallest absolute Gasteiger partial charge is 0.336 e. The van der Waals surface area contributed by atoms with Gasteiger partial charge in [-0.15, -0.1) is 11.3 Å². The Morgan fingerprint density at radius 2 is 1.68 bits per heavy atom. The zero-order valence-corrected chi connectivity index (χ0v) is 24.6. The molecular weight excluding hydrogens is 550 g/mol. The highest BCUT2D eigenvalue weighted by atomic mass is 32.2. The topological polar surface area (TPSA) is 124 Å². The number of benzene rings is 2. The molecule has 0 fully saturated rings. The van der Waals surface area contributed by atoms with Gasteiger partial charge in [-0.05, 0) is 51.5 Å². The first-order valence-electron chi connectivity index (χ1n) is 12.8. The molecule has 0 spiro atoms. The van der Waals surface area contributed by atoms with E-state index in [1.54, 1.807) is 52.0 Å². The maximum absolute atomic E-state index is 13.2. The summed E-state index contributed by atoms with van der Waals surface area (Å²) in [5.41, 5.74) is 4.17. The van der Waals surface area contributed by atoms with Crippen LogP contribution in [0.3, 0.4) is 0 Å². The van der Waals surface area contributed by atoms with Crippen molar-refractivity contribution in [2.45, 2.75) is 38.5 Å². The van der Waals surface area contributed by atoms with Crippen LogP contribution < -0.4 is 5.32 Å². The first-order valence-corrected chi connectivity index (χ1v) is 15.5. The summed E-state index contributed by atoms with van der Waals surface area (Å²) in [6.45, 7) is 7.34. The molecule has 1 aromatic heterocycles. The molecule has 2 unspecified atom stereocenters. The van der Waals surface area contributed by atoms with E-state index in [4.69, 9.17) is 9.47 Å². The standard InChI is InChI=1S/C29H31N3O6S2/c1-6-37-27(33)24-17(3)30-18(4)25(28(34)38-7-2)26(24)21-10-8-9-11-22(21)31-29-32-23(16-39-29)19-12-14-20(15-13-19)40(5,35)36/h8-16,24,26H,6-7H2,1-5H3,(H,31,32). The number of aliphatic imine (C=N–C) groups is 1. The van der Waals surface area contributed by atoms with Crippen LogP contribution in [0.4, 0.5) is 10.8 Å². The Morgan fingerprint density at radius 1 is 1.00 bits per heavy atom. The van der Waals surface area contributed by atoms with Crippen LogP contribution in [0.5, 0.6) is 0 Å². The maximum atomic E-state index is 13.2. The Hall–Kier alpha value is -3.83. The Bertz CT molecular complexity index is 1590. The van der Waals surface area contributed by atoms with Crippen molar-refractivity contribution in [2.75, 3.05) is 24.8 Å². The molecule has 210 valence electrons. The number of carbonyl (C=O) groups excluding carboxylic acids is 2. The van der Waals surface area contributed by atoms with Crippen LogP contribution in [-0.2, 0) is 28.9 Å². The second-order valence-corrected chi connectivity index (χ2v) is 12.1. The minimum Gasteiger partial charge on any atom is -0.465 e. The number of nitrogens with zero attached hydrogens (tertiary/aromatic N) is 2. The molecule has 40 heavy (non-hydrogen) atoms. The predicted molar refractivity (Wildman–Crippen MR) is 156 cm³/mol. The number of hydrogen-bond acceptors (Lipinski definition) is 10. The van der Waals surface area contributed by atoms with E-state index in [-0.39, 0.29) is 18.1 Å². The third-order valence-corrected chi connectivity index (χ3v) is 8.37. The lowest BCUT2D eigenvalue weighted by Crippen LogP contribution is -2.36. The molecule has 0 saturated carbocycles. The molecule has 0 radical (unpaired) electrons. The summed E-state index contributed by atoms with van der Waals surface area (Å²) in [5.74, 6) is -2.50. The van der Waals surface area contributed by atoms with Crippen LogP contribution >= 0.6 is 11.3 Å². The Kier molecular flexibility index (Phi) is 8.85. The number of ether oxygens (including phenoxy) is 2. The summed E-state index contributed by atoms with van der Waals surface area (Å²) in [6, 6.07) is 14.0. The molecule has 9 nitrogen and oxygen atoms in total. The van der Waals surface area contributed by atoms with Crippen molar-refractivity contribution in [3.8, 4) is 11.3 Å². The number of aromatic nitrogens is 1. The maximum Gasteiger partial charge on any atom is 0.336 e. The molecule has 1 aliphatic rings. The first-order chi connectivity index (χ1) is 19.0. The average molecular weight is 582 g/mol. The second kappa shape index (κ2) is 12.1. The summed E-state index contributed by atoms with van der Waals surface area (Å²) in [7, 11) is -3.30. The number of carbonyl (C=O) groups is 2. The number of thiazole rings is 1. The van der Waals surface area contributed by atoms with E-state index in [0.29, 0.717) is 39.1 Å². The van der Waals surface area contributed by atoms with Crippen LogP contribution in [0.2, 0.25) is 0 Å². The fourth-order valence-corrected chi connectivity index (χ4v) is 6.08. The molecule has 0 aliphatic carbocycles. The van der Waals surface area contributed by atoms with Gasteiger partial charge in [0.05, 0.1) is 29.4 Å². The third kappa shape index (κ3) is 6.15. The van der Waals surface area contributed by atoms with Crippen LogP contribution in [0, 0.1) is 5.92 Å². The molecule has 11 heteroatoms. The fourth-order valence-electron chi connectivity index (χ4n) is 4.72. The van der Waals surface area contributed by atoms with Crippen molar-refractivity contribution in [3.05, 3.63) is 70.7 Å². The summed E-state index contributed by atoms with van der Waals surface area (Å²) in [4.78, 5) is 35.8. The summed E-state index contributed by atoms with van der Waals surface area (Å²) < 4.78 is 34.4. The number of sulfone groups is 1. The molecular formula is C29H31N3O6S2. The molecule has 2 atom stereocenters. The van der Waals surface area contributed by atoms with Crippen molar-refractivity contribution >= 4 is 49.6 Å². The van der Waals surface area contributed by atoms with Gasteiger partial charge < -0.3 is 14.8 Å². The van der Waals surface area contributed by atoms with E-state index >= 15 is 0 Å². The highest BCUT2D eigenvalue weighted by Crippen LogP contribution is 2.43. The largest absolute Gasteiger partial charge is 0.465 e. The summed E-state index contributed by atoms with van der Waals surface area (Å²) in [5, 5.41) is 5.81. The van der Waals surface area contributed by atoms with Crippen LogP contribution in [-0.4, -0.2) is 50.5 Å². The molecule has 1 N–H and O–H groups in total. The zero-order valence-electron chi connectivity index (χ0n) is 22.9. The van der Waals surface area contributed by atoms with Gasteiger partial charge in [0.2, 0.25) is 0 Å². The van der Waals surface area contributed by atoms with E-state index in [2.05, 4.69) is 15.3 Å². The number of hydrogen-bond donors (Lipinski definition) is 1. The highest BCUT2D eigenvalue weighted by molar-refractivity contribution is 7.90. The van der Waals surface area contributed by atoms with Crippen molar-refractivity contribution in [2.24, 2.45) is 10.9 Å². The van der Waals surface area contributed by atoms with Crippen molar-refractivity contribution in [1.29, 1.82) is 0 Å². The van der Waals surface area contributed by atoms with Gasteiger partial charge in [0.25, 0.3) is 0 Å². The summed E-state index contributed by atoms with van der Waals surface area (Å²) >= 11 is 1.38. The van der Waals surface area contributed by atoms with E-state index in [1.165, 1.54) is 17.6 Å². The minimum atomic E-state index is -3.30. The van der Waals surface area contributed by atoms with Crippen molar-refractivity contribution in [1.82, 2.24) is 4.98 Å². The number of rotatable bonds is 9. The van der Waals surface area contributed by atoms with Gasteiger partial charge in [0.15, 0.2) is 15.0 Å². The number of para-hydroxylation sites is 1. The molecule has 4 rings (SSSR count). The number of anilines is 2. The Balaban J connectivity index is 1.73. The van der Waals surface area contributed by atoms with Crippen LogP contribution in [0.25, 0.3) is 11.3 Å². The van der Waals surface area contributed by atoms with E-state index < -0.39 is 33.6 Å². The average Bonchev–Trinajstić information content (AvgIpc) is 3.37. The molecule has 0 saturated heterocycles. The van der Waals surface area contributed by atoms with Gasteiger partial charge in [0.1, 0.15) is 5.92 Å². The van der Waals surface area contributed by atoms with E-state index in [1.807, 2.05) is 29.6 Å². The molecule has 0 bridgehead atoms. The predicted octanol–water partition coefficient (Wildman–Crippen LogP) is 5.53. The highest BCUT2D eigenvalue weighted by Gasteiger charge is 2.43. The lowest BCUT2D eigenvalue weighted by Gasteiger charge is -2.32. The number of esters is 2. The van der Waals surface area contributed by atoms with Gasteiger partial charge in [-0.3, -0.25) is 9.79 Å². The first kappa shape index (κ1) is 29.2. The van der Waals surface area contributed by atoms with Crippen molar-refractivity contribution < 1.29 is 27.5 Å². The quantitative estimate of drug-likeness (QED) is 0.327. The normalized spacial score (nSPS) is 17.3. The molecule has 2 aromatic carbocycles. The molecule has 2 heterocycles. The van der Waals surface area contributed by atoms with Gasteiger partial charge in [-0.25, -0.2) is 18.2 Å². The van der Waals surface area contributed by atoms with E-state index in [0.717, 1.165) is 5.56 Å². The second-order valence-electron chi connectivity index (χ2n) is 9.23. The van der Waals surface area contributed by atoms with Crippen LogP contribution in [0.1, 0.15) is 39.2 Å². The van der Waals surface area contributed by atoms with Gasteiger partial charge in [-0.1, -0.05) is 30.3 Å². The van der Waals surface area contributed by atoms with E-state index in [9.17, 15) is 18.0 Å². The lowest BCUT2D eigenvalue weighted by molar-refractivity contribution is -0.146. The monoisotopic (exact) mass is 581 g/mol. The Morgan fingerprint density at radius 3 is 2.33 bits per heavy atom. The van der Waals surface area contributed by atoms with Crippen LogP contribution in [0.15, 0.2) is 75.1 Å². The summed E-state index contributed by atoms with van der Waals surface area (Å²) in [6.07, 6.45) is 1.17. The fraction of sp³-hybridized carbons (Fsp3) is 0.310. The SMILES string of the molecule is CCOC(=O)C1=C(C)N=C(C)C(C(=O)OCC)C1c1ccccc1Nc1nc(-c2ccc(S(C)(=O)=O)cc2)cs1. The van der Waals surface area contributed by atoms with Gasteiger partial charge in [0, 0.05) is 40.2 Å². The lowest BCUT2D eigenvalue weighted by atomic mass is 9.75. The molecule has 1 aliphatic heterocycles. The Labute approximate surface area is 237 Å². The number of nitrogens with one attached hydrogen (secondary N) is 1. The van der Waals surface area contributed by atoms with Gasteiger partial charge >= 0.3 is 11.9 Å². The number of allylic oxidation sites excluding steroid dienone is 1. The minimum absolute atomic E-state index is 0.183.